The van der Waals surface area contributed by atoms with Crippen LogP contribution in [-0.2, 0) is 0 Å². The van der Waals surface area contributed by atoms with Crippen molar-refractivity contribution in [1.82, 2.24) is 15.2 Å². The smallest absolute Gasteiger partial charge is 0.269 e. The van der Waals surface area contributed by atoms with Gasteiger partial charge in [-0.05, 0) is 40.1 Å². The number of carbonyl (C=O) groups excluding carboxylic acids is 1. The van der Waals surface area contributed by atoms with E-state index in [9.17, 15) is 4.79 Å². The van der Waals surface area contributed by atoms with Crippen LogP contribution >= 0.6 is 0 Å². The molecule has 1 aromatic heterocycles. The van der Waals surface area contributed by atoms with Crippen LogP contribution in [-0.4, -0.2) is 56.1 Å². The molecule has 0 saturated carbocycles. The molecule has 1 amide bonds. The molecule has 0 spiro atoms. The first-order valence-electron chi connectivity index (χ1n) is 6.72. The first-order valence-corrected chi connectivity index (χ1v) is 6.72. The van der Waals surface area contributed by atoms with Crippen LogP contribution < -0.4 is 10.2 Å². The summed E-state index contributed by atoms with van der Waals surface area (Å²) in [5.74, 6) is -0.118. The van der Waals surface area contributed by atoms with Crippen molar-refractivity contribution in [3.05, 3.63) is 24.0 Å². The first kappa shape index (κ1) is 15.4. The average molecular weight is 264 g/mol. The van der Waals surface area contributed by atoms with Gasteiger partial charge in [-0.15, -0.1) is 0 Å². The van der Waals surface area contributed by atoms with E-state index in [4.69, 9.17) is 0 Å². The summed E-state index contributed by atoms with van der Waals surface area (Å²) in [6, 6.07) is 3.72. The van der Waals surface area contributed by atoms with Crippen molar-refractivity contribution in [3.8, 4) is 0 Å². The Bertz CT molecular complexity index is 385. The molecule has 1 rings (SSSR count). The Kier molecular flexibility index (Phi) is 6.29. The number of nitrogens with zero attached hydrogens (tertiary/aromatic N) is 3. The monoisotopic (exact) mass is 264 g/mol. The Morgan fingerprint density at radius 2 is 1.95 bits per heavy atom. The molecule has 0 aliphatic heterocycles. The van der Waals surface area contributed by atoms with Gasteiger partial charge in [-0.2, -0.15) is 0 Å². The van der Waals surface area contributed by atoms with Crippen molar-refractivity contribution in [2.24, 2.45) is 0 Å². The number of amides is 1. The van der Waals surface area contributed by atoms with Crippen molar-refractivity contribution in [3.63, 3.8) is 0 Å². The summed E-state index contributed by atoms with van der Waals surface area (Å²) in [6.45, 7) is 7.53. The van der Waals surface area contributed by atoms with Gasteiger partial charge in [-0.3, -0.25) is 4.79 Å². The quantitative estimate of drug-likeness (QED) is 0.804. The van der Waals surface area contributed by atoms with E-state index >= 15 is 0 Å². The van der Waals surface area contributed by atoms with Gasteiger partial charge >= 0.3 is 0 Å². The lowest BCUT2D eigenvalue weighted by Crippen LogP contribution is -2.31. The molecular weight excluding hydrogens is 240 g/mol. The van der Waals surface area contributed by atoms with Gasteiger partial charge in [0.05, 0.1) is 11.9 Å². The summed E-state index contributed by atoms with van der Waals surface area (Å²) < 4.78 is 0. The van der Waals surface area contributed by atoms with E-state index in [2.05, 4.69) is 29.0 Å². The van der Waals surface area contributed by atoms with Crippen LogP contribution in [0.15, 0.2) is 18.3 Å². The highest BCUT2D eigenvalue weighted by atomic mass is 16.1. The average Bonchev–Trinajstić information content (AvgIpc) is 2.40. The maximum atomic E-state index is 11.8. The number of pyridine rings is 1. The second-order valence-electron chi connectivity index (χ2n) is 4.63. The van der Waals surface area contributed by atoms with Crippen molar-refractivity contribution in [2.45, 2.75) is 13.8 Å². The Hall–Kier alpha value is -1.62. The molecule has 0 aromatic carbocycles. The van der Waals surface area contributed by atoms with Crippen LogP contribution in [0.1, 0.15) is 24.3 Å². The summed E-state index contributed by atoms with van der Waals surface area (Å²) >= 11 is 0. The zero-order valence-corrected chi connectivity index (χ0v) is 12.3. The lowest BCUT2D eigenvalue weighted by Gasteiger charge is -2.20. The molecule has 1 heterocycles. The third-order valence-corrected chi connectivity index (χ3v) is 2.95. The van der Waals surface area contributed by atoms with E-state index in [1.807, 2.05) is 25.1 Å². The standard InChI is InChI=1S/C14H24N4O/c1-5-18(6-2)12-7-8-13(16-11-12)14(19)15-9-10-17(3)4/h7-8,11H,5-6,9-10H2,1-4H3,(H,15,19). The number of hydrogen-bond donors (Lipinski definition) is 1. The molecule has 0 radical (unpaired) electrons. The van der Waals surface area contributed by atoms with E-state index in [0.717, 1.165) is 25.3 Å². The van der Waals surface area contributed by atoms with Crippen molar-refractivity contribution >= 4 is 11.6 Å². The fourth-order valence-corrected chi connectivity index (χ4v) is 1.78. The Morgan fingerprint density at radius 3 is 2.42 bits per heavy atom. The van der Waals surface area contributed by atoms with E-state index in [-0.39, 0.29) is 5.91 Å². The maximum Gasteiger partial charge on any atom is 0.269 e. The second kappa shape index (κ2) is 7.74. The molecular formula is C14H24N4O. The first-order chi connectivity index (χ1) is 9.08. The van der Waals surface area contributed by atoms with Gasteiger partial charge < -0.3 is 15.1 Å². The van der Waals surface area contributed by atoms with Crippen LogP contribution in [0.25, 0.3) is 0 Å². The predicted molar refractivity (Wildman–Crippen MR) is 78.7 cm³/mol. The van der Waals surface area contributed by atoms with Crippen LogP contribution in [0.3, 0.4) is 0 Å². The molecule has 0 atom stereocenters. The topological polar surface area (TPSA) is 48.5 Å². The highest BCUT2D eigenvalue weighted by Gasteiger charge is 2.08. The zero-order chi connectivity index (χ0) is 14.3. The number of anilines is 1. The number of rotatable bonds is 7. The Morgan fingerprint density at radius 1 is 1.26 bits per heavy atom. The summed E-state index contributed by atoms with van der Waals surface area (Å²) in [5.41, 5.74) is 1.52. The summed E-state index contributed by atoms with van der Waals surface area (Å²) in [5, 5.41) is 2.85. The summed E-state index contributed by atoms with van der Waals surface area (Å²) in [6.07, 6.45) is 1.76. The van der Waals surface area contributed by atoms with Gasteiger partial charge in [-0.25, -0.2) is 4.98 Å². The molecule has 19 heavy (non-hydrogen) atoms. The SMILES string of the molecule is CCN(CC)c1ccc(C(=O)NCCN(C)C)nc1. The van der Waals surface area contributed by atoms with E-state index in [1.165, 1.54) is 0 Å². The molecule has 5 nitrogen and oxygen atoms in total. The minimum Gasteiger partial charge on any atom is -0.371 e. The predicted octanol–water partition coefficient (Wildman–Crippen LogP) is 1.22. The highest BCUT2D eigenvalue weighted by Crippen LogP contribution is 2.12. The molecule has 0 fully saturated rings. The van der Waals surface area contributed by atoms with Gasteiger partial charge in [0.1, 0.15) is 5.69 Å². The molecule has 0 bridgehead atoms. The van der Waals surface area contributed by atoms with Crippen molar-refractivity contribution in [1.29, 1.82) is 0 Å². The lowest BCUT2D eigenvalue weighted by atomic mass is 10.3. The van der Waals surface area contributed by atoms with E-state index in [1.54, 1.807) is 12.3 Å². The van der Waals surface area contributed by atoms with Crippen LogP contribution in [0.4, 0.5) is 5.69 Å². The summed E-state index contributed by atoms with van der Waals surface area (Å²) in [4.78, 5) is 20.3. The minimum absolute atomic E-state index is 0.118. The summed E-state index contributed by atoms with van der Waals surface area (Å²) in [7, 11) is 3.95. The maximum absolute atomic E-state index is 11.8. The second-order valence-corrected chi connectivity index (χ2v) is 4.63. The molecule has 0 aliphatic carbocycles. The van der Waals surface area contributed by atoms with Gasteiger partial charge in [-0.1, -0.05) is 0 Å². The minimum atomic E-state index is -0.118. The van der Waals surface area contributed by atoms with Crippen LogP contribution in [0.5, 0.6) is 0 Å². The van der Waals surface area contributed by atoms with Crippen molar-refractivity contribution < 1.29 is 4.79 Å². The molecule has 0 saturated heterocycles. The number of likely N-dealkylation sites (N-methyl/N-ethyl adjacent to an activating group) is 1. The van der Waals surface area contributed by atoms with Crippen LogP contribution in [0, 0.1) is 0 Å². The Labute approximate surface area is 115 Å². The third-order valence-electron chi connectivity index (χ3n) is 2.95. The number of nitrogens with one attached hydrogen (secondary N) is 1. The van der Waals surface area contributed by atoms with Gasteiger partial charge in [0.15, 0.2) is 0 Å². The molecule has 0 aliphatic rings. The Balaban J connectivity index is 2.58. The molecule has 5 heteroatoms. The normalized spacial score (nSPS) is 10.6. The van der Waals surface area contributed by atoms with Gasteiger partial charge in [0.25, 0.3) is 5.91 Å². The van der Waals surface area contributed by atoms with Crippen molar-refractivity contribution in [2.75, 3.05) is 45.2 Å². The zero-order valence-electron chi connectivity index (χ0n) is 12.3. The fourth-order valence-electron chi connectivity index (χ4n) is 1.78. The lowest BCUT2D eigenvalue weighted by molar-refractivity contribution is 0.0946. The van der Waals surface area contributed by atoms with E-state index in [0.29, 0.717) is 12.2 Å². The number of hydrogen-bond acceptors (Lipinski definition) is 4. The molecule has 1 N–H and O–H groups in total. The molecule has 0 unspecified atom stereocenters. The largest absolute Gasteiger partial charge is 0.371 e. The van der Waals surface area contributed by atoms with Crippen LogP contribution in [0.2, 0.25) is 0 Å². The number of carbonyl (C=O) groups is 1. The third kappa shape index (κ3) is 4.87. The molecule has 1 aromatic rings. The molecule has 106 valence electrons. The van der Waals surface area contributed by atoms with Gasteiger partial charge in [0.2, 0.25) is 0 Å². The highest BCUT2D eigenvalue weighted by molar-refractivity contribution is 5.92. The number of aromatic nitrogens is 1. The van der Waals surface area contributed by atoms with E-state index < -0.39 is 0 Å². The fraction of sp³-hybridized carbons (Fsp3) is 0.571. The van der Waals surface area contributed by atoms with Gasteiger partial charge in [0, 0.05) is 26.2 Å².